The Morgan fingerprint density at radius 2 is 1.15 bits per heavy atom. The molecule has 4 nitrogen and oxygen atoms in total. The van der Waals surface area contributed by atoms with Crippen LogP contribution in [0.25, 0.3) is 0 Å². The molecule has 1 amide bonds. The van der Waals surface area contributed by atoms with Crippen LogP contribution < -0.4 is 5.73 Å². The monoisotopic (exact) mass is 371 g/mol. The van der Waals surface area contributed by atoms with Gasteiger partial charge in [-0.15, -0.1) is 0 Å². The van der Waals surface area contributed by atoms with Crippen molar-refractivity contribution in [3.05, 3.63) is 0 Å². The molecule has 0 aromatic heterocycles. The molecule has 0 atom stereocenters. The van der Waals surface area contributed by atoms with Crippen molar-refractivity contribution in [1.29, 1.82) is 0 Å². The number of hydrogen-bond acceptors (Lipinski definition) is 3. The quantitative estimate of drug-likeness (QED) is 0.225. The lowest BCUT2D eigenvalue weighted by Gasteiger charge is -2.29. The summed E-state index contributed by atoms with van der Waals surface area (Å²) in [6.45, 7) is 9.20. The first kappa shape index (κ1) is 25.4. The molecule has 156 valence electrons. The largest absolute Gasteiger partial charge is 0.365 e. The number of ether oxygens (including phenoxy) is 2. The summed E-state index contributed by atoms with van der Waals surface area (Å²) >= 11 is 0. The normalized spacial score (nSPS) is 12.0. The van der Waals surface area contributed by atoms with Crippen molar-refractivity contribution in [3.8, 4) is 0 Å². The molecule has 2 N–H and O–H groups in total. The Labute approximate surface area is 162 Å². The summed E-state index contributed by atoms with van der Waals surface area (Å²) in [7, 11) is 0. The van der Waals surface area contributed by atoms with Gasteiger partial charge < -0.3 is 15.2 Å². The molecule has 0 unspecified atom stereocenters. The van der Waals surface area contributed by atoms with Crippen LogP contribution in [0.4, 0.5) is 0 Å². The third-order valence-corrected chi connectivity index (χ3v) is 4.92. The first-order valence-electron chi connectivity index (χ1n) is 11.1. The fourth-order valence-corrected chi connectivity index (χ4v) is 3.42. The van der Waals surface area contributed by atoms with Gasteiger partial charge >= 0.3 is 0 Å². The second-order valence-corrected chi connectivity index (χ2v) is 7.80. The van der Waals surface area contributed by atoms with Crippen molar-refractivity contribution in [1.82, 2.24) is 0 Å². The minimum Gasteiger partial charge on any atom is -0.365 e. The first-order chi connectivity index (χ1) is 12.5. The van der Waals surface area contributed by atoms with E-state index >= 15 is 0 Å². The molecule has 0 aromatic rings. The highest BCUT2D eigenvalue weighted by Gasteiger charge is 2.37. The number of hydrogen-bond donors (Lipinski definition) is 1. The molecular formula is C22H45NO3. The van der Waals surface area contributed by atoms with E-state index in [-0.39, 0.29) is 0 Å². The minimum absolute atomic E-state index is 0.431. The van der Waals surface area contributed by atoms with Gasteiger partial charge in [-0.1, -0.05) is 84.5 Å². The number of nitrogens with two attached hydrogens (primary N) is 1. The van der Waals surface area contributed by atoms with E-state index in [0.717, 1.165) is 18.8 Å². The molecule has 0 fully saturated rings. The Kier molecular flexibility index (Phi) is 16.2. The van der Waals surface area contributed by atoms with E-state index in [9.17, 15) is 4.79 Å². The molecule has 0 aromatic carbocycles. The van der Waals surface area contributed by atoms with E-state index in [0.29, 0.717) is 19.6 Å². The third kappa shape index (κ3) is 12.7. The standard InChI is InChI=1S/C22H45NO3/c1-5-25-22(21(23)24,26-6-2)19-17-15-13-11-9-7-8-10-12-14-16-18-20(3)4/h20H,5-19H2,1-4H3,(H2,23,24). The predicted molar refractivity (Wildman–Crippen MR) is 110 cm³/mol. The van der Waals surface area contributed by atoms with Crippen molar-refractivity contribution >= 4 is 5.91 Å². The van der Waals surface area contributed by atoms with Gasteiger partial charge in [0.1, 0.15) is 0 Å². The molecule has 0 saturated heterocycles. The maximum atomic E-state index is 11.7. The second-order valence-electron chi connectivity index (χ2n) is 7.80. The summed E-state index contributed by atoms with van der Waals surface area (Å²) in [6.07, 6.45) is 16.1. The first-order valence-corrected chi connectivity index (χ1v) is 11.1. The highest BCUT2D eigenvalue weighted by atomic mass is 16.7. The van der Waals surface area contributed by atoms with Gasteiger partial charge in [0.25, 0.3) is 5.91 Å². The van der Waals surface area contributed by atoms with Crippen LogP contribution >= 0.6 is 0 Å². The molecule has 0 saturated carbocycles. The van der Waals surface area contributed by atoms with Crippen LogP contribution in [0, 0.1) is 5.92 Å². The SMILES string of the molecule is CCOC(CCCCCCCCCCCCCC(C)C)(OCC)C(N)=O. The van der Waals surface area contributed by atoms with Gasteiger partial charge in [0.2, 0.25) is 5.79 Å². The van der Waals surface area contributed by atoms with Gasteiger partial charge in [-0.05, 0) is 26.2 Å². The van der Waals surface area contributed by atoms with Gasteiger partial charge in [0.05, 0.1) is 0 Å². The van der Waals surface area contributed by atoms with Crippen molar-refractivity contribution in [2.75, 3.05) is 13.2 Å². The molecule has 0 aliphatic carbocycles. The number of carbonyl (C=O) groups is 1. The summed E-state index contributed by atoms with van der Waals surface area (Å²) in [4.78, 5) is 11.7. The smallest absolute Gasteiger partial charge is 0.277 e. The Morgan fingerprint density at radius 3 is 1.50 bits per heavy atom. The lowest BCUT2D eigenvalue weighted by atomic mass is 10.0. The molecule has 26 heavy (non-hydrogen) atoms. The van der Waals surface area contributed by atoms with Gasteiger partial charge in [0, 0.05) is 19.6 Å². The Balaban J connectivity index is 3.60. The van der Waals surface area contributed by atoms with E-state index in [2.05, 4.69) is 13.8 Å². The van der Waals surface area contributed by atoms with Crippen LogP contribution in [-0.4, -0.2) is 24.9 Å². The number of carbonyl (C=O) groups excluding carboxylic acids is 1. The van der Waals surface area contributed by atoms with E-state index in [1.54, 1.807) is 0 Å². The third-order valence-electron chi connectivity index (χ3n) is 4.92. The Morgan fingerprint density at radius 1 is 0.769 bits per heavy atom. The molecule has 0 radical (unpaired) electrons. The molecule has 0 spiro atoms. The lowest BCUT2D eigenvalue weighted by Crippen LogP contribution is -2.48. The van der Waals surface area contributed by atoms with Crippen molar-refractivity contribution in [2.24, 2.45) is 11.7 Å². The fraction of sp³-hybridized carbons (Fsp3) is 0.955. The Bertz CT molecular complexity index is 325. The highest BCUT2D eigenvalue weighted by molar-refractivity contribution is 5.81. The van der Waals surface area contributed by atoms with Crippen molar-refractivity contribution in [2.45, 2.75) is 117 Å². The zero-order chi connectivity index (χ0) is 19.7. The molecule has 0 aliphatic rings. The summed E-state index contributed by atoms with van der Waals surface area (Å²) < 4.78 is 11.1. The van der Waals surface area contributed by atoms with E-state index < -0.39 is 11.7 Å². The summed E-state index contributed by atoms with van der Waals surface area (Å²) in [5, 5.41) is 0. The van der Waals surface area contributed by atoms with E-state index in [1.807, 2.05) is 13.8 Å². The van der Waals surface area contributed by atoms with Crippen LogP contribution in [-0.2, 0) is 14.3 Å². The molecule has 0 aliphatic heterocycles. The maximum absolute atomic E-state index is 11.7. The number of rotatable bonds is 19. The fourth-order valence-electron chi connectivity index (χ4n) is 3.42. The van der Waals surface area contributed by atoms with Crippen molar-refractivity contribution < 1.29 is 14.3 Å². The van der Waals surface area contributed by atoms with Crippen LogP contribution in [0.3, 0.4) is 0 Å². The Hall–Kier alpha value is -0.610. The average Bonchev–Trinajstić information content (AvgIpc) is 2.58. The predicted octanol–water partition coefficient (Wildman–Crippen LogP) is 5.97. The lowest BCUT2D eigenvalue weighted by molar-refractivity contribution is -0.228. The van der Waals surface area contributed by atoms with E-state index in [4.69, 9.17) is 15.2 Å². The zero-order valence-corrected chi connectivity index (χ0v) is 18.0. The zero-order valence-electron chi connectivity index (χ0n) is 18.0. The van der Waals surface area contributed by atoms with Crippen LogP contribution in [0.15, 0.2) is 0 Å². The summed E-state index contributed by atoms with van der Waals surface area (Å²) in [6, 6.07) is 0. The molecular weight excluding hydrogens is 326 g/mol. The average molecular weight is 372 g/mol. The van der Waals surface area contributed by atoms with Gasteiger partial charge in [-0.2, -0.15) is 0 Å². The maximum Gasteiger partial charge on any atom is 0.277 e. The summed E-state index contributed by atoms with van der Waals surface area (Å²) in [5.41, 5.74) is 5.51. The van der Waals surface area contributed by atoms with Gasteiger partial charge in [-0.25, -0.2) is 0 Å². The topological polar surface area (TPSA) is 61.6 Å². The van der Waals surface area contributed by atoms with Gasteiger partial charge in [0.15, 0.2) is 0 Å². The van der Waals surface area contributed by atoms with Crippen molar-refractivity contribution in [3.63, 3.8) is 0 Å². The molecule has 4 heteroatoms. The highest BCUT2D eigenvalue weighted by Crippen LogP contribution is 2.22. The number of primary amides is 1. The van der Waals surface area contributed by atoms with Crippen LogP contribution in [0.5, 0.6) is 0 Å². The van der Waals surface area contributed by atoms with Crippen LogP contribution in [0.1, 0.15) is 111 Å². The molecule has 0 bridgehead atoms. The van der Waals surface area contributed by atoms with Crippen LogP contribution in [0.2, 0.25) is 0 Å². The summed E-state index contributed by atoms with van der Waals surface area (Å²) in [5.74, 6) is -0.876. The number of amides is 1. The number of unbranched alkanes of at least 4 members (excludes halogenated alkanes) is 10. The minimum atomic E-state index is -1.22. The molecule has 0 rings (SSSR count). The van der Waals surface area contributed by atoms with Gasteiger partial charge in [-0.3, -0.25) is 4.79 Å². The molecule has 0 heterocycles. The second kappa shape index (κ2) is 16.6. The van der Waals surface area contributed by atoms with E-state index in [1.165, 1.54) is 64.2 Å².